The zero-order chi connectivity index (χ0) is 40.0. The standard InChI is InChI=1S/C8H11N3O2.2C8H13N3.C8H12N2.C4H9NO2.CH4O.2CH4/c1-10-5-7(11(12)13)8(9-10)6-3-2-4-6;1-11-5-7(9)8(10-11)6-3-2-4-6;1-11-8(9)5-7(10-11)6-3-2-4-6;1-10-6-5-8(9-10)7-3-2-4-7;1-4(2,3)7-5-6;1-2;;/h5-6H,2-4H2,1H3;2*5-6H,2-4,9H2,1H3;5-7H,2-4H2,1H3;1-3H3;2H,1H3;2*1H4. The molecule has 4 saturated carbocycles. The van der Waals surface area contributed by atoms with Gasteiger partial charge in [-0.2, -0.15) is 20.4 Å². The summed E-state index contributed by atoms with van der Waals surface area (Å²) in [6, 6.07) is 4.12. The van der Waals surface area contributed by atoms with Crippen molar-refractivity contribution < 1.29 is 14.9 Å². The van der Waals surface area contributed by atoms with E-state index in [-0.39, 0.29) is 25.5 Å². The molecule has 56 heavy (non-hydrogen) atoms. The molecule has 0 saturated heterocycles. The number of aryl methyl sites for hydroxylation is 4. The van der Waals surface area contributed by atoms with Crippen molar-refractivity contribution in [2.45, 2.75) is 142 Å². The highest BCUT2D eigenvalue weighted by Gasteiger charge is 2.30. The SMILES string of the molecule is C.C.CC(C)(C)ON=O.CO.Cn1cc(N)c(C2CCC2)n1.Cn1cc([N+](=O)[O-])c(C2CCC2)n1.Cn1ccc(C2CCC2)n1.Cn1nc(C2CCC2)cc1N. The summed E-state index contributed by atoms with van der Waals surface area (Å²) in [4.78, 5) is 23.9. The van der Waals surface area contributed by atoms with Crippen molar-refractivity contribution in [1.29, 1.82) is 0 Å². The summed E-state index contributed by atoms with van der Waals surface area (Å²) in [6.07, 6.45) is 20.5. The minimum atomic E-state index is -0.429. The fourth-order valence-electron chi connectivity index (χ4n) is 6.00. The van der Waals surface area contributed by atoms with Crippen LogP contribution in [0.25, 0.3) is 0 Å². The fourth-order valence-corrected chi connectivity index (χ4v) is 6.00. The Hall–Kier alpha value is -4.80. The van der Waals surface area contributed by atoms with Crippen molar-refractivity contribution >= 4 is 17.2 Å². The van der Waals surface area contributed by atoms with Crippen molar-refractivity contribution in [2.75, 3.05) is 18.6 Å². The molecule has 316 valence electrons. The Morgan fingerprint density at radius 3 is 1.54 bits per heavy atom. The number of nitro groups is 1. The third kappa shape index (κ3) is 14.7. The predicted molar refractivity (Wildman–Crippen MR) is 223 cm³/mol. The molecule has 4 aromatic rings. The van der Waals surface area contributed by atoms with Gasteiger partial charge in [0.15, 0.2) is 5.34 Å². The van der Waals surface area contributed by atoms with E-state index in [0.717, 1.165) is 43.1 Å². The number of aliphatic hydroxyl groups excluding tert-OH is 1. The van der Waals surface area contributed by atoms with Crippen molar-refractivity contribution in [3.63, 3.8) is 0 Å². The largest absolute Gasteiger partial charge is 0.400 e. The molecule has 0 spiro atoms. The third-order valence-electron chi connectivity index (χ3n) is 9.93. The molecule has 4 heterocycles. The maximum Gasteiger partial charge on any atom is 0.310 e. The van der Waals surface area contributed by atoms with Gasteiger partial charge in [-0.25, -0.2) is 0 Å². The average Bonchev–Trinajstić information content (AvgIpc) is 3.75. The monoisotopic (exact) mass is 787 g/mol. The number of nitrogens with zero attached hydrogens (tertiary/aromatic N) is 10. The second kappa shape index (κ2) is 23.3. The first-order valence-corrected chi connectivity index (χ1v) is 18.9. The molecule has 4 aliphatic rings. The van der Waals surface area contributed by atoms with Crippen LogP contribution in [0.1, 0.15) is 159 Å². The molecule has 0 atom stereocenters. The Bertz CT molecular complexity index is 1700. The van der Waals surface area contributed by atoms with Gasteiger partial charge in [0.1, 0.15) is 23.3 Å². The first-order valence-electron chi connectivity index (χ1n) is 18.9. The number of hydrogen-bond donors (Lipinski definition) is 3. The Morgan fingerprint density at radius 1 is 0.750 bits per heavy atom. The van der Waals surface area contributed by atoms with E-state index < -0.39 is 5.60 Å². The van der Waals surface area contributed by atoms with Gasteiger partial charge in [0.2, 0.25) is 0 Å². The van der Waals surface area contributed by atoms with E-state index in [9.17, 15) is 15.0 Å². The van der Waals surface area contributed by atoms with Crippen LogP contribution in [0, 0.1) is 15.0 Å². The highest BCUT2D eigenvalue weighted by Crippen LogP contribution is 2.40. The molecule has 0 bridgehead atoms. The van der Waals surface area contributed by atoms with E-state index in [0.29, 0.717) is 23.4 Å². The van der Waals surface area contributed by atoms with Crippen LogP contribution in [0.5, 0.6) is 0 Å². The lowest BCUT2D eigenvalue weighted by Gasteiger charge is -2.23. The molecule has 17 nitrogen and oxygen atoms in total. The van der Waals surface area contributed by atoms with Gasteiger partial charge < -0.3 is 21.4 Å². The third-order valence-corrected chi connectivity index (χ3v) is 9.93. The normalized spacial score (nSPS) is 15.9. The molecular weight excluding hydrogens is 717 g/mol. The van der Waals surface area contributed by atoms with Gasteiger partial charge in [-0.05, 0) is 78.2 Å². The van der Waals surface area contributed by atoms with Gasteiger partial charge in [-0.3, -0.25) is 28.8 Å². The number of aromatic nitrogens is 8. The molecule has 4 aromatic heterocycles. The lowest BCUT2D eigenvalue weighted by atomic mass is 9.82. The molecule has 5 N–H and O–H groups in total. The number of nitrogen functional groups attached to an aromatic ring is 2. The first kappa shape index (κ1) is 49.2. The topological polar surface area (TPSA) is 225 Å². The number of hydrogen-bond acceptors (Lipinski definition) is 12. The molecule has 0 aromatic carbocycles. The van der Waals surface area contributed by atoms with Crippen molar-refractivity contribution in [2.24, 2.45) is 33.5 Å². The zero-order valence-corrected chi connectivity index (χ0v) is 33.4. The van der Waals surface area contributed by atoms with Crippen LogP contribution in [-0.4, -0.2) is 61.9 Å². The molecule has 0 amide bonds. The van der Waals surface area contributed by atoms with E-state index in [1.54, 1.807) is 37.2 Å². The highest BCUT2D eigenvalue weighted by molar-refractivity contribution is 5.43. The Labute approximate surface area is 333 Å². The van der Waals surface area contributed by atoms with Gasteiger partial charge in [-0.15, -0.1) is 4.91 Å². The van der Waals surface area contributed by atoms with Crippen LogP contribution in [-0.2, 0) is 33.0 Å². The van der Waals surface area contributed by atoms with Gasteiger partial charge in [0.05, 0.1) is 27.7 Å². The van der Waals surface area contributed by atoms with Gasteiger partial charge in [0, 0.05) is 77.4 Å². The van der Waals surface area contributed by atoms with Gasteiger partial charge in [0.25, 0.3) is 0 Å². The molecule has 0 unspecified atom stereocenters. The Morgan fingerprint density at radius 2 is 1.21 bits per heavy atom. The molecule has 0 radical (unpaired) electrons. The predicted octanol–water partition coefficient (Wildman–Crippen LogP) is 8.19. The van der Waals surface area contributed by atoms with Crippen molar-refractivity contribution in [3.05, 3.63) is 68.5 Å². The number of aliphatic hydroxyl groups is 1. The van der Waals surface area contributed by atoms with Crippen LogP contribution in [0.2, 0.25) is 0 Å². The number of rotatable bonds is 6. The summed E-state index contributed by atoms with van der Waals surface area (Å²) >= 11 is 0. The van der Waals surface area contributed by atoms with Crippen LogP contribution in [0.3, 0.4) is 0 Å². The summed E-state index contributed by atoms with van der Waals surface area (Å²) in [5.41, 5.74) is 16.3. The van der Waals surface area contributed by atoms with E-state index in [4.69, 9.17) is 16.6 Å². The smallest absolute Gasteiger partial charge is 0.310 e. The molecule has 17 heteroatoms. The van der Waals surface area contributed by atoms with Gasteiger partial charge >= 0.3 is 5.69 Å². The van der Waals surface area contributed by atoms with E-state index in [1.807, 2.05) is 44.3 Å². The summed E-state index contributed by atoms with van der Waals surface area (Å²) in [5.74, 6) is 3.21. The van der Waals surface area contributed by atoms with E-state index in [1.165, 1.54) is 86.5 Å². The van der Waals surface area contributed by atoms with E-state index >= 15 is 0 Å². The van der Waals surface area contributed by atoms with E-state index in [2.05, 4.69) is 36.6 Å². The zero-order valence-electron chi connectivity index (χ0n) is 33.4. The molecule has 4 fully saturated rings. The maximum atomic E-state index is 10.6. The lowest BCUT2D eigenvalue weighted by Crippen LogP contribution is -2.14. The van der Waals surface area contributed by atoms with Crippen LogP contribution in [0.4, 0.5) is 17.2 Å². The summed E-state index contributed by atoms with van der Waals surface area (Å²) in [6.45, 7) is 5.28. The summed E-state index contributed by atoms with van der Waals surface area (Å²) in [5, 5.41) is 37.0. The molecule has 0 aliphatic heterocycles. The molecule has 8 rings (SSSR count). The second-order valence-electron chi connectivity index (χ2n) is 15.3. The highest BCUT2D eigenvalue weighted by atomic mass is 16.7. The number of nitrogens with two attached hydrogens (primary N) is 2. The van der Waals surface area contributed by atoms with Crippen molar-refractivity contribution in [3.8, 4) is 0 Å². The Balaban J connectivity index is 0.000000347. The minimum Gasteiger partial charge on any atom is -0.400 e. The molecule has 4 aliphatic carbocycles. The second-order valence-corrected chi connectivity index (χ2v) is 15.3. The quantitative estimate of drug-likeness (QED) is 0.0959. The van der Waals surface area contributed by atoms with Gasteiger partial charge in [-0.1, -0.05) is 40.5 Å². The summed E-state index contributed by atoms with van der Waals surface area (Å²) in [7, 11) is 8.49. The average molecular weight is 787 g/mol. The van der Waals surface area contributed by atoms with Crippen LogP contribution < -0.4 is 11.5 Å². The minimum absolute atomic E-state index is 0. The first-order chi connectivity index (χ1) is 25.6. The van der Waals surface area contributed by atoms with Crippen molar-refractivity contribution in [1.82, 2.24) is 39.1 Å². The van der Waals surface area contributed by atoms with Crippen LogP contribution >= 0.6 is 0 Å². The fraction of sp³-hybridized carbons (Fsp3) is 0.692. The maximum absolute atomic E-state index is 10.6. The number of anilines is 2. The van der Waals surface area contributed by atoms with Crippen LogP contribution in [0.15, 0.2) is 36.1 Å². The lowest BCUT2D eigenvalue weighted by molar-refractivity contribution is -0.385. The molecular formula is C39H70N12O5. The summed E-state index contributed by atoms with van der Waals surface area (Å²) < 4.78 is 6.94. The Kier molecular flexibility index (Phi) is 20.5.